The minimum Gasteiger partial charge on any atom is -0.504 e. The third kappa shape index (κ3) is 3.51. The van der Waals surface area contributed by atoms with Crippen LogP contribution in [0.3, 0.4) is 0 Å². The molecule has 1 saturated carbocycles. The van der Waals surface area contributed by atoms with Crippen LogP contribution >= 0.6 is 0 Å². The molecule has 0 unspecified atom stereocenters. The Kier molecular flexibility index (Phi) is 5.86. The fourth-order valence-corrected chi connectivity index (χ4v) is 8.06. The van der Waals surface area contributed by atoms with E-state index in [1.165, 1.54) is 24.3 Å². The number of phenolic OH excluding ortho intramolecular Hbond substituents is 1. The number of rotatable bonds is 4. The molecule has 2 aliphatic heterocycles. The lowest BCUT2D eigenvalue weighted by Crippen LogP contribution is -2.80. The molecule has 1 amide bonds. The summed E-state index contributed by atoms with van der Waals surface area (Å²) in [5.74, 6) is -0.0545. The van der Waals surface area contributed by atoms with Crippen LogP contribution < -0.4 is 4.74 Å². The lowest BCUT2D eigenvalue weighted by atomic mass is 9.45. The first-order valence-corrected chi connectivity index (χ1v) is 13.5. The summed E-state index contributed by atoms with van der Waals surface area (Å²) in [6.07, 6.45) is 0.137. The molecule has 6 atom stereocenters. The highest BCUT2D eigenvalue weighted by Crippen LogP contribution is 2.67. The number of aromatic hydroxyl groups is 1. The number of hydrogen-bond acceptors (Lipinski definition) is 5. The van der Waals surface area contributed by atoms with E-state index < -0.39 is 34.9 Å². The van der Waals surface area contributed by atoms with Gasteiger partial charge in [-0.1, -0.05) is 31.5 Å². The van der Waals surface area contributed by atoms with Crippen LogP contribution in [-0.4, -0.2) is 70.3 Å². The Morgan fingerprint density at radius 2 is 2.05 bits per heavy atom. The standard InChI is InChI=1S/C30H33F3N2O4/c1-4-19-16-21(35(3)24(37)11-8-17-6-5-7-20(14-17)30(31,32)33)27-28-12-13-34(2)23(29(19,28)38)15-18-9-10-22(36)26(39-27)25(18)28/h5-11,14,19,21,23,27,36,38H,4,12-13,15-16H2,1-3H3/t19-,21+,23+,27-,28-,29+/m0/s1. The lowest BCUT2D eigenvalue weighted by molar-refractivity contribution is -0.224. The molecule has 6 nitrogen and oxygen atoms in total. The Morgan fingerprint density at radius 3 is 2.77 bits per heavy atom. The summed E-state index contributed by atoms with van der Waals surface area (Å²) in [6.45, 7) is 2.80. The highest BCUT2D eigenvalue weighted by atomic mass is 19.4. The molecule has 4 aliphatic rings. The number of phenols is 1. The SMILES string of the molecule is CC[C@H]1C[C@@H](N(C)C(=O)C=Cc2cccc(C(F)(F)F)c2)[C@@H]2Oc3c(O)ccc4c3[C@@]23CCN(C)[C@H](C4)[C@]13O. The summed E-state index contributed by atoms with van der Waals surface area (Å²) in [7, 11) is 3.72. The van der Waals surface area contributed by atoms with Gasteiger partial charge in [0, 0.05) is 24.7 Å². The number of ether oxygens (including phenoxy) is 1. The minimum atomic E-state index is -4.47. The summed E-state index contributed by atoms with van der Waals surface area (Å²) in [4.78, 5) is 17.2. The summed E-state index contributed by atoms with van der Waals surface area (Å²) >= 11 is 0. The average molecular weight is 543 g/mol. The van der Waals surface area contributed by atoms with Crippen molar-refractivity contribution in [3.63, 3.8) is 0 Å². The second-order valence-electron chi connectivity index (χ2n) is 11.5. The van der Waals surface area contributed by atoms with E-state index in [1.807, 2.05) is 13.1 Å². The van der Waals surface area contributed by atoms with Crippen LogP contribution in [0.5, 0.6) is 11.5 Å². The maximum absolute atomic E-state index is 13.4. The van der Waals surface area contributed by atoms with E-state index in [0.29, 0.717) is 31.4 Å². The molecule has 2 aromatic rings. The van der Waals surface area contributed by atoms with Crippen molar-refractivity contribution in [1.82, 2.24) is 9.80 Å². The van der Waals surface area contributed by atoms with Gasteiger partial charge in [-0.15, -0.1) is 0 Å². The van der Waals surface area contributed by atoms with E-state index in [9.17, 15) is 28.2 Å². The van der Waals surface area contributed by atoms with Crippen molar-refractivity contribution in [2.75, 3.05) is 20.6 Å². The van der Waals surface area contributed by atoms with E-state index in [2.05, 4.69) is 11.8 Å². The van der Waals surface area contributed by atoms with Crippen LogP contribution in [0.15, 0.2) is 42.5 Å². The minimum absolute atomic E-state index is 0.0301. The molecule has 1 spiro atoms. The second kappa shape index (κ2) is 8.73. The molecule has 0 aromatic heterocycles. The number of aliphatic hydroxyl groups is 1. The maximum Gasteiger partial charge on any atom is 0.416 e. The Bertz CT molecular complexity index is 1360. The molecule has 0 radical (unpaired) electrons. The Balaban J connectivity index is 1.38. The number of likely N-dealkylation sites (N-methyl/N-ethyl adjacent to an activating group) is 2. The van der Waals surface area contributed by atoms with Crippen molar-refractivity contribution in [1.29, 1.82) is 0 Å². The van der Waals surface area contributed by atoms with Gasteiger partial charge >= 0.3 is 6.18 Å². The summed E-state index contributed by atoms with van der Waals surface area (Å²) in [5.41, 5.74) is -0.444. The maximum atomic E-state index is 13.4. The number of piperidine rings is 1. The van der Waals surface area contributed by atoms with E-state index in [4.69, 9.17) is 4.74 Å². The number of amides is 1. The van der Waals surface area contributed by atoms with Crippen molar-refractivity contribution < 1.29 is 32.9 Å². The monoisotopic (exact) mass is 542 g/mol. The molecular formula is C30H33F3N2O4. The molecule has 1 saturated heterocycles. The van der Waals surface area contributed by atoms with Crippen molar-refractivity contribution in [3.05, 3.63) is 64.7 Å². The number of hydrogen-bond donors (Lipinski definition) is 2. The molecule has 2 fully saturated rings. The van der Waals surface area contributed by atoms with Gasteiger partial charge in [0.2, 0.25) is 5.91 Å². The molecule has 6 rings (SSSR count). The Labute approximate surface area is 225 Å². The number of halogens is 3. The third-order valence-corrected chi connectivity index (χ3v) is 9.89. The topological polar surface area (TPSA) is 73.2 Å². The number of nitrogens with zero attached hydrogens (tertiary/aromatic N) is 2. The number of likely N-dealkylation sites (tertiary alicyclic amines) is 1. The predicted octanol–water partition coefficient (Wildman–Crippen LogP) is 4.37. The van der Waals surface area contributed by atoms with Gasteiger partial charge in [-0.3, -0.25) is 4.79 Å². The van der Waals surface area contributed by atoms with E-state index in [-0.39, 0.29) is 29.2 Å². The largest absolute Gasteiger partial charge is 0.504 e. The van der Waals surface area contributed by atoms with E-state index >= 15 is 0 Å². The van der Waals surface area contributed by atoms with Crippen molar-refractivity contribution in [2.45, 2.75) is 68.0 Å². The molecule has 2 N–H and O–H groups in total. The Morgan fingerprint density at radius 1 is 1.28 bits per heavy atom. The van der Waals surface area contributed by atoms with Gasteiger partial charge in [0.15, 0.2) is 11.5 Å². The molecule has 39 heavy (non-hydrogen) atoms. The number of benzene rings is 2. The smallest absolute Gasteiger partial charge is 0.416 e. The van der Waals surface area contributed by atoms with E-state index in [0.717, 1.165) is 29.8 Å². The van der Waals surface area contributed by atoms with Crippen LogP contribution in [0.2, 0.25) is 0 Å². The van der Waals surface area contributed by atoms with Crippen LogP contribution in [0.4, 0.5) is 13.2 Å². The van der Waals surface area contributed by atoms with Crippen molar-refractivity contribution >= 4 is 12.0 Å². The average Bonchev–Trinajstić information content (AvgIpc) is 3.26. The van der Waals surface area contributed by atoms with Gasteiger partial charge in [0.1, 0.15) is 6.10 Å². The van der Waals surface area contributed by atoms with Crippen LogP contribution in [-0.2, 0) is 22.8 Å². The molecule has 9 heteroatoms. The second-order valence-corrected chi connectivity index (χ2v) is 11.5. The zero-order valence-electron chi connectivity index (χ0n) is 22.2. The van der Waals surface area contributed by atoms with Gasteiger partial charge in [-0.2, -0.15) is 13.2 Å². The Hall–Kier alpha value is -3.04. The molecule has 2 aliphatic carbocycles. The highest BCUT2D eigenvalue weighted by molar-refractivity contribution is 5.92. The number of alkyl halides is 3. The fourth-order valence-electron chi connectivity index (χ4n) is 8.06. The first-order chi connectivity index (χ1) is 18.4. The first kappa shape index (κ1) is 26.2. The van der Waals surface area contributed by atoms with Gasteiger partial charge in [0.25, 0.3) is 0 Å². The van der Waals surface area contributed by atoms with Crippen LogP contribution in [0.25, 0.3) is 6.08 Å². The van der Waals surface area contributed by atoms with Gasteiger partial charge in [-0.25, -0.2) is 0 Å². The van der Waals surface area contributed by atoms with Crippen LogP contribution in [0, 0.1) is 5.92 Å². The molecule has 2 bridgehead atoms. The van der Waals surface area contributed by atoms with Gasteiger partial charge in [0.05, 0.1) is 22.6 Å². The third-order valence-electron chi connectivity index (χ3n) is 9.89. The first-order valence-electron chi connectivity index (χ1n) is 13.5. The molecule has 2 heterocycles. The zero-order valence-corrected chi connectivity index (χ0v) is 22.2. The fraction of sp³-hybridized carbons (Fsp3) is 0.500. The lowest BCUT2D eigenvalue weighted by Gasteiger charge is -2.66. The molecular weight excluding hydrogens is 509 g/mol. The van der Waals surface area contributed by atoms with Gasteiger partial charge in [-0.05, 0) is 74.2 Å². The van der Waals surface area contributed by atoms with Crippen LogP contribution in [0.1, 0.15) is 48.4 Å². The van der Waals surface area contributed by atoms with E-state index in [1.54, 1.807) is 18.0 Å². The normalized spacial score (nSPS) is 33.1. The number of carbonyl (C=O) groups is 1. The highest BCUT2D eigenvalue weighted by Gasteiger charge is 2.75. The zero-order chi connectivity index (χ0) is 27.9. The quantitative estimate of drug-likeness (QED) is 0.562. The predicted molar refractivity (Wildman–Crippen MR) is 139 cm³/mol. The summed E-state index contributed by atoms with van der Waals surface area (Å²) in [6, 6.07) is 7.88. The summed E-state index contributed by atoms with van der Waals surface area (Å²) < 4.78 is 46.0. The van der Waals surface area contributed by atoms with Gasteiger partial charge < -0.3 is 24.7 Å². The number of carbonyl (C=O) groups excluding carboxylic acids is 1. The van der Waals surface area contributed by atoms with Crippen molar-refractivity contribution in [3.8, 4) is 11.5 Å². The summed E-state index contributed by atoms with van der Waals surface area (Å²) in [5, 5.41) is 23.5. The molecule has 2 aromatic carbocycles. The molecule has 208 valence electrons. The van der Waals surface area contributed by atoms with Crippen molar-refractivity contribution in [2.24, 2.45) is 5.92 Å².